The molecule has 0 saturated carbocycles. The minimum absolute atomic E-state index is 0.117. The Morgan fingerprint density at radius 1 is 0.448 bits per heavy atom. The third-order valence-corrected chi connectivity index (χ3v) is 14.4. The highest BCUT2D eigenvalue weighted by Crippen LogP contribution is 2.55. The molecule has 0 bridgehead atoms. The first-order chi connectivity index (χ1) is 32.6. The van der Waals surface area contributed by atoms with Crippen LogP contribution < -0.4 is 9.80 Å². The summed E-state index contributed by atoms with van der Waals surface area (Å²) in [4.78, 5) is 5.08. The van der Waals surface area contributed by atoms with Crippen LogP contribution in [0.4, 0.5) is 22.7 Å². The van der Waals surface area contributed by atoms with Crippen molar-refractivity contribution in [3.8, 4) is 11.1 Å². The molecule has 9 rings (SSSR count). The van der Waals surface area contributed by atoms with Gasteiger partial charge in [-0.05, 0) is 151 Å². The summed E-state index contributed by atoms with van der Waals surface area (Å²) >= 11 is 0. The highest BCUT2D eigenvalue weighted by molar-refractivity contribution is 5.83. The van der Waals surface area contributed by atoms with Gasteiger partial charge in [0.05, 0.1) is 11.6 Å². The number of rotatable bonds is 15. The van der Waals surface area contributed by atoms with Gasteiger partial charge < -0.3 is 9.80 Å². The molecule has 0 aliphatic heterocycles. The Bertz CT molecular complexity index is 2970. The van der Waals surface area contributed by atoms with Crippen LogP contribution in [0.3, 0.4) is 0 Å². The van der Waals surface area contributed by atoms with Crippen LogP contribution in [0.5, 0.6) is 0 Å². The number of benzene rings is 8. The van der Waals surface area contributed by atoms with Gasteiger partial charge >= 0.3 is 0 Å². The Labute approximate surface area is 400 Å². The maximum atomic E-state index is 2.58. The average molecular weight is 873 g/mol. The Morgan fingerprint density at radius 2 is 0.851 bits per heavy atom. The predicted molar refractivity (Wildman–Crippen MR) is 290 cm³/mol. The van der Waals surface area contributed by atoms with E-state index in [1.54, 1.807) is 0 Å². The Kier molecular flexibility index (Phi) is 13.0. The summed E-state index contributed by atoms with van der Waals surface area (Å²) in [7, 11) is 0. The van der Waals surface area contributed by atoms with Crippen LogP contribution in [0.1, 0.15) is 116 Å². The van der Waals surface area contributed by atoms with Gasteiger partial charge in [0.1, 0.15) is 0 Å². The van der Waals surface area contributed by atoms with Crippen molar-refractivity contribution in [3.05, 3.63) is 250 Å². The molecule has 0 N–H and O–H groups in total. The largest absolute Gasteiger partial charge is 0.334 e. The van der Waals surface area contributed by atoms with Crippen molar-refractivity contribution in [3.63, 3.8) is 0 Å². The maximum absolute atomic E-state index is 2.58. The summed E-state index contributed by atoms with van der Waals surface area (Å²) in [5, 5.41) is 0. The molecule has 0 amide bonds. The lowest BCUT2D eigenvalue weighted by Gasteiger charge is -2.42. The molecular weight excluding hydrogens is 809 g/mol. The van der Waals surface area contributed by atoms with E-state index in [0.29, 0.717) is 0 Å². The molecule has 67 heavy (non-hydrogen) atoms. The van der Waals surface area contributed by atoms with Crippen LogP contribution >= 0.6 is 0 Å². The first-order valence-electron chi connectivity index (χ1n) is 24.3. The molecule has 1 unspecified atom stereocenters. The van der Waals surface area contributed by atoms with Crippen LogP contribution in [0.2, 0.25) is 0 Å². The summed E-state index contributed by atoms with van der Waals surface area (Å²) in [6, 6.07) is 72.1. The highest BCUT2D eigenvalue weighted by Gasteiger charge is 2.43. The van der Waals surface area contributed by atoms with E-state index in [2.05, 4.69) is 277 Å². The number of anilines is 4. The lowest BCUT2D eigenvalue weighted by Crippen LogP contribution is -2.38. The van der Waals surface area contributed by atoms with Gasteiger partial charge in [-0.15, -0.1) is 0 Å². The monoisotopic (exact) mass is 873 g/mol. The normalized spacial score (nSPS) is 13.4. The molecular formula is C65H64N2. The summed E-state index contributed by atoms with van der Waals surface area (Å²) in [5.74, 6) is 0. The van der Waals surface area contributed by atoms with Crippen molar-refractivity contribution >= 4 is 47.1 Å². The van der Waals surface area contributed by atoms with E-state index in [9.17, 15) is 0 Å². The quantitative estimate of drug-likeness (QED) is 0.0947. The lowest BCUT2D eigenvalue weighted by molar-refractivity contribution is 0.484. The number of hydrogen-bond donors (Lipinski definition) is 0. The van der Waals surface area contributed by atoms with Crippen LogP contribution in [0, 0.1) is 13.8 Å². The number of nitrogens with zero attached hydrogens (tertiary/aromatic N) is 2. The fraction of sp³-hybridized carbons (Fsp3) is 0.200. The standard InChI is InChI=1S/C65H64N2/c1-8-63(66(55-35-21-47(4)22-36-55)56-39-29-51(30-40-56)27-25-49-17-13-11-14-18-49)53-33-43-59-60-44-34-54(46-62(60)65(9-2,10-3)61(59)45-53)64(6,7)67(57-37-23-48(5)24-38-57)58-41-31-52(32-42-58)28-26-50-19-15-12-16-20-50/h11-46,63H,8-10H2,1-7H3/b27-25+,28-26+. The van der Waals surface area contributed by atoms with E-state index in [-0.39, 0.29) is 17.0 Å². The molecule has 1 atom stereocenters. The molecule has 1 aliphatic rings. The molecule has 0 fully saturated rings. The summed E-state index contributed by atoms with van der Waals surface area (Å²) < 4.78 is 0. The first kappa shape index (κ1) is 45.0. The van der Waals surface area contributed by atoms with Crippen LogP contribution in [-0.2, 0) is 11.0 Å². The number of fused-ring (bicyclic) bond motifs is 3. The number of hydrogen-bond acceptors (Lipinski definition) is 2. The second-order valence-electron chi connectivity index (χ2n) is 18.9. The second kappa shape index (κ2) is 19.4. The van der Waals surface area contributed by atoms with E-state index in [1.807, 2.05) is 0 Å². The zero-order valence-electron chi connectivity index (χ0n) is 40.4. The Morgan fingerprint density at radius 3 is 1.31 bits per heavy atom. The predicted octanol–water partition coefficient (Wildman–Crippen LogP) is 18.1. The van der Waals surface area contributed by atoms with Crippen molar-refractivity contribution < 1.29 is 0 Å². The van der Waals surface area contributed by atoms with Crippen molar-refractivity contribution in [2.45, 2.75) is 84.7 Å². The topological polar surface area (TPSA) is 6.48 Å². The molecule has 0 spiro atoms. The Balaban J connectivity index is 1.07. The van der Waals surface area contributed by atoms with Gasteiger partial charge in [-0.1, -0.05) is 202 Å². The van der Waals surface area contributed by atoms with E-state index < -0.39 is 0 Å². The molecule has 0 saturated heterocycles. The van der Waals surface area contributed by atoms with Gasteiger partial charge in [-0.2, -0.15) is 0 Å². The van der Waals surface area contributed by atoms with Crippen LogP contribution in [0.25, 0.3) is 35.4 Å². The van der Waals surface area contributed by atoms with E-state index in [4.69, 9.17) is 0 Å². The molecule has 0 aromatic heterocycles. The van der Waals surface area contributed by atoms with Crippen LogP contribution in [0.15, 0.2) is 194 Å². The van der Waals surface area contributed by atoms with Gasteiger partial charge in [-0.3, -0.25) is 0 Å². The van der Waals surface area contributed by atoms with Crippen molar-refractivity contribution in [1.29, 1.82) is 0 Å². The van der Waals surface area contributed by atoms with Gasteiger partial charge in [0, 0.05) is 28.2 Å². The third kappa shape index (κ3) is 9.06. The van der Waals surface area contributed by atoms with Gasteiger partial charge in [-0.25, -0.2) is 0 Å². The molecule has 0 radical (unpaired) electrons. The van der Waals surface area contributed by atoms with E-state index >= 15 is 0 Å². The summed E-state index contributed by atoms with van der Waals surface area (Å²) in [6.45, 7) is 16.2. The fourth-order valence-electron chi connectivity index (χ4n) is 10.5. The SMILES string of the molecule is CCC(c1ccc2c(c1)C(CC)(CC)c1cc(C(C)(C)N(c3ccc(C)cc3)c3ccc(/C=C/c4ccccc4)cc3)ccc1-2)N(c1ccc(C)cc1)c1ccc(/C=C/c2ccccc2)cc1. The average Bonchev–Trinajstić information content (AvgIpc) is 3.65. The molecule has 8 aromatic carbocycles. The smallest absolute Gasteiger partial charge is 0.0646 e. The van der Waals surface area contributed by atoms with Gasteiger partial charge in [0.25, 0.3) is 0 Å². The van der Waals surface area contributed by atoms with Gasteiger partial charge in [0.2, 0.25) is 0 Å². The molecule has 334 valence electrons. The zero-order chi connectivity index (χ0) is 46.5. The molecule has 2 nitrogen and oxygen atoms in total. The lowest BCUT2D eigenvalue weighted by atomic mass is 9.72. The van der Waals surface area contributed by atoms with Crippen molar-refractivity contribution in [1.82, 2.24) is 0 Å². The highest BCUT2D eigenvalue weighted by atomic mass is 15.2. The van der Waals surface area contributed by atoms with Crippen molar-refractivity contribution in [2.24, 2.45) is 0 Å². The molecule has 1 aliphatic carbocycles. The molecule has 8 aromatic rings. The zero-order valence-corrected chi connectivity index (χ0v) is 40.4. The fourth-order valence-corrected chi connectivity index (χ4v) is 10.5. The maximum Gasteiger partial charge on any atom is 0.0646 e. The second-order valence-corrected chi connectivity index (χ2v) is 18.9. The Hall–Kier alpha value is -7.16. The minimum atomic E-state index is -0.381. The van der Waals surface area contributed by atoms with E-state index in [1.165, 1.54) is 89.5 Å². The number of aryl methyl sites for hydroxylation is 2. The third-order valence-electron chi connectivity index (χ3n) is 14.4. The minimum Gasteiger partial charge on any atom is -0.334 e. The molecule has 0 heterocycles. The summed E-state index contributed by atoms with van der Waals surface area (Å²) in [5.41, 5.74) is 19.8. The van der Waals surface area contributed by atoms with Crippen LogP contribution in [-0.4, -0.2) is 0 Å². The van der Waals surface area contributed by atoms with Gasteiger partial charge in [0.15, 0.2) is 0 Å². The summed E-state index contributed by atoms with van der Waals surface area (Å²) in [6.07, 6.45) is 11.8. The molecule has 2 heteroatoms. The first-order valence-corrected chi connectivity index (χ1v) is 24.3. The van der Waals surface area contributed by atoms with E-state index in [0.717, 1.165) is 19.3 Å². The van der Waals surface area contributed by atoms with Crippen molar-refractivity contribution in [2.75, 3.05) is 9.80 Å².